The first-order valence-electron chi connectivity index (χ1n) is 9.87. The summed E-state index contributed by atoms with van der Waals surface area (Å²) in [5.74, 6) is 1.83. The molecule has 0 aliphatic carbocycles. The van der Waals surface area contributed by atoms with Crippen molar-refractivity contribution in [1.29, 1.82) is 0 Å². The first-order valence-corrected chi connectivity index (χ1v) is 9.87. The molecule has 32 heavy (non-hydrogen) atoms. The van der Waals surface area contributed by atoms with E-state index >= 15 is 0 Å². The van der Waals surface area contributed by atoms with E-state index in [-0.39, 0.29) is 18.3 Å². The Morgan fingerprint density at radius 2 is 1.88 bits per heavy atom. The van der Waals surface area contributed by atoms with E-state index < -0.39 is 5.97 Å². The van der Waals surface area contributed by atoms with Crippen molar-refractivity contribution in [3.05, 3.63) is 82.6 Å². The second kappa shape index (κ2) is 7.77. The molecule has 160 valence electrons. The predicted octanol–water partition coefficient (Wildman–Crippen LogP) is 4.57. The van der Waals surface area contributed by atoms with E-state index in [1.807, 2.05) is 18.2 Å². The van der Waals surface area contributed by atoms with Crippen LogP contribution >= 0.6 is 0 Å². The van der Waals surface area contributed by atoms with Crippen LogP contribution in [-0.2, 0) is 0 Å². The van der Waals surface area contributed by atoms with Gasteiger partial charge in [0.25, 0.3) is 0 Å². The van der Waals surface area contributed by atoms with Crippen LogP contribution in [0.3, 0.4) is 0 Å². The summed E-state index contributed by atoms with van der Waals surface area (Å²) in [7, 11) is 1.58. The predicted molar refractivity (Wildman–Crippen MR) is 115 cm³/mol. The normalized spacial score (nSPS) is 14.8. The topological polar surface area (TPSA) is 80.3 Å². The summed E-state index contributed by atoms with van der Waals surface area (Å²) in [6.45, 7) is 1.86. The van der Waals surface area contributed by atoms with E-state index in [0.717, 1.165) is 5.56 Å². The lowest BCUT2D eigenvalue weighted by atomic mass is 10.1. The molecule has 3 aromatic carbocycles. The van der Waals surface area contributed by atoms with E-state index in [1.54, 1.807) is 56.5 Å². The van der Waals surface area contributed by atoms with Crippen LogP contribution in [0, 0.1) is 6.92 Å². The van der Waals surface area contributed by atoms with Crippen LogP contribution in [0.1, 0.15) is 31.8 Å². The van der Waals surface area contributed by atoms with E-state index in [0.29, 0.717) is 45.4 Å². The molecule has 3 aromatic rings. The zero-order valence-corrected chi connectivity index (χ0v) is 17.3. The third-order valence-corrected chi connectivity index (χ3v) is 5.24. The molecule has 0 saturated heterocycles. The van der Waals surface area contributed by atoms with Gasteiger partial charge in [-0.05, 0) is 61.0 Å². The number of ether oxygens (including phenoxy) is 5. The van der Waals surface area contributed by atoms with Crippen molar-refractivity contribution >= 4 is 17.8 Å². The Labute approximate surface area is 183 Å². The number of fused-ring (bicyclic) bond motifs is 2. The minimum absolute atomic E-state index is 0.120. The molecule has 0 bridgehead atoms. The molecule has 7 nitrogen and oxygen atoms in total. The molecule has 0 unspecified atom stereocenters. The Morgan fingerprint density at radius 1 is 1.03 bits per heavy atom. The first kappa shape index (κ1) is 19.7. The van der Waals surface area contributed by atoms with Gasteiger partial charge in [0.15, 0.2) is 17.3 Å². The van der Waals surface area contributed by atoms with Gasteiger partial charge in [0.05, 0.1) is 18.2 Å². The SMILES string of the molecule is COc1cccc(/C=C2\Oc3c(ccc(OC(=O)c4ccc5c(c4)OCO5)c3C)C2=O)c1. The summed E-state index contributed by atoms with van der Waals surface area (Å²) in [5.41, 5.74) is 2.07. The molecule has 2 heterocycles. The van der Waals surface area contributed by atoms with Crippen molar-refractivity contribution in [2.45, 2.75) is 6.92 Å². The highest BCUT2D eigenvalue weighted by atomic mass is 16.7. The maximum atomic E-state index is 12.8. The highest BCUT2D eigenvalue weighted by Gasteiger charge is 2.30. The number of ketones is 1. The summed E-state index contributed by atoms with van der Waals surface area (Å²) >= 11 is 0. The number of esters is 1. The largest absolute Gasteiger partial charge is 0.497 e. The van der Waals surface area contributed by atoms with Gasteiger partial charge in [0.1, 0.15) is 17.2 Å². The first-order chi connectivity index (χ1) is 15.5. The lowest BCUT2D eigenvalue weighted by molar-refractivity contribution is 0.0732. The summed E-state index contributed by atoms with van der Waals surface area (Å²) in [4.78, 5) is 25.5. The van der Waals surface area contributed by atoms with Crippen molar-refractivity contribution in [2.24, 2.45) is 0 Å². The second-order valence-corrected chi connectivity index (χ2v) is 7.24. The molecular formula is C25H18O7. The van der Waals surface area contributed by atoms with Crippen LogP contribution in [0.25, 0.3) is 6.08 Å². The zero-order valence-electron chi connectivity index (χ0n) is 17.3. The van der Waals surface area contributed by atoms with Gasteiger partial charge in [0.2, 0.25) is 12.6 Å². The Balaban J connectivity index is 1.40. The highest BCUT2D eigenvalue weighted by molar-refractivity contribution is 6.15. The fourth-order valence-electron chi connectivity index (χ4n) is 3.54. The Hall–Kier alpha value is -4.26. The third-order valence-electron chi connectivity index (χ3n) is 5.24. The minimum Gasteiger partial charge on any atom is -0.497 e. The maximum Gasteiger partial charge on any atom is 0.343 e. The van der Waals surface area contributed by atoms with Crippen molar-refractivity contribution in [3.63, 3.8) is 0 Å². The Kier molecular flexibility index (Phi) is 4.78. The van der Waals surface area contributed by atoms with Gasteiger partial charge in [-0.25, -0.2) is 4.79 Å². The van der Waals surface area contributed by atoms with Crippen LogP contribution < -0.4 is 23.7 Å². The van der Waals surface area contributed by atoms with Crippen LogP contribution in [0.5, 0.6) is 28.7 Å². The Morgan fingerprint density at radius 3 is 2.72 bits per heavy atom. The summed E-state index contributed by atoms with van der Waals surface area (Å²) in [6, 6.07) is 15.3. The molecule has 0 fully saturated rings. The van der Waals surface area contributed by atoms with Crippen LogP contribution in [0.4, 0.5) is 0 Å². The van der Waals surface area contributed by atoms with Crippen LogP contribution in [0.15, 0.2) is 60.4 Å². The molecule has 0 radical (unpaired) electrons. The molecule has 2 aliphatic rings. The minimum atomic E-state index is -0.553. The molecule has 0 amide bonds. The lowest BCUT2D eigenvalue weighted by Crippen LogP contribution is -2.09. The molecule has 0 saturated carbocycles. The number of allylic oxidation sites excluding steroid dienone is 1. The van der Waals surface area contributed by atoms with E-state index in [1.165, 1.54) is 0 Å². The van der Waals surface area contributed by atoms with Crippen LogP contribution in [0.2, 0.25) is 0 Å². The molecule has 7 heteroatoms. The number of hydrogen-bond acceptors (Lipinski definition) is 7. The van der Waals surface area contributed by atoms with E-state index in [2.05, 4.69) is 0 Å². The molecule has 2 aliphatic heterocycles. The van der Waals surface area contributed by atoms with Gasteiger partial charge in [0, 0.05) is 5.56 Å². The Bertz CT molecular complexity index is 1290. The average Bonchev–Trinajstić information content (AvgIpc) is 3.40. The van der Waals surface area contributed by atoms with Crippen LogP contribution in [-0.4, -0.2) is 25.7 Å². The standard InChI is InChI=1S/C25H18O7/c1-14-19(32-25(27)16-6-8-20-21(12-16)30-13-29-20)9-7-18-23(26)22(31-24(14)18)11-15-4-3-5-17(10-15)28-2/h3-12H,13H2,1-2H3/b22-11-. The lowest BCUT2D eigenvalue weighted by Gasteiger charge is -2.10. The van der Waals surface area contributed by atoms with Gasteiger partial charge in [-0.2, -0.15) is 0 Å². The van der Waals surface area contributed by atoms with Gasteiger partial charge in [-0.15, -0.1) is 0 Å². The van der Waals surface area contributed by atoms with Gasteiger partial charge < -0.3 is 23.7 Å². The number of Topliss-reactive ketones (excluding diaryl/α,β-unsaturated/α-hetero) is 1. The second-order valence-electron chi connectivity index (χ2n) is 7.24. The highest BCUT2D eigenvalue weighted by Crippen LogP contribution is 2.40. The number of rotatable bonds is 4. The van der Waals surface area contributed by atoms with Gasteiger partial charge >= 0.3 is 5.97 Å². The maximum absolute atomic E-state index is 12.8. The van der Waals surface area contributed by atoms with Crippen molar-refractivity contribution in [2.75, 3.05) is 13.9 Å². The number of methoxy groups -OCH3 is 1. The number of carbonyl (C=O) groups is 2. The third kappa shape index (κ3) is 3.43. The number of benzene rings is 3. The molecular weight excluding hydrogens is 412 g/mol. The molecule has 0 atom stereocenters. The van der Waals surface area contributed by atoms with Crippen molar-refractivity contribution in [1.82, 2.24) is 0 Å². The smallest absolute Gasteiger partial charge is 0.343 e. The number of hydrogen-bond donors (Lipinski definition) is 0. The fraction of sp³-hybridized carbons (Fsp3) is 0.120. The van der Waals surface area contributed by atoms with Gasteiger partial charge in [-0.3, -0.25) is 4.79 Å². The fourth-order valence-corrected chi connectivity index (χ4v) is 3.54. The molecule has 0 N–H and O–H groups in total. The average molecular weight is 430 g/mol. The van der Waals surface area contributed by atoms with Crippen molar-refractivity contribution < 1.29 is 33.3 Å². The van der Waals surface area contributed by atoms with Gasteiger partial charge in [-0.1, -0.05) is 12.1 Å². The monoisotopic (exact) mass is 430 g/mol. The molecule has 5 rings (SSSR count). The van der Waals surface area contributed by atoms with E-state index in [4.69, 9.17) is 23.7 Å². The van der Waals surface area contributed by atoms with Crippen molar-refractivity contribution in [3.8, 4) is 28.7 Å². The summed E-state index contributed by atoms with van der Waals surface area (Å²) in [5, 5.41) is 0. The molecule has 0 aromatic heterocycles. The summed E-state index contributed by atoms with van der Waals surface area (Å²) in [6.07, 6.45) is 1.66. The summed E-state index contributed by atoms with van der Waals surface area (Å²) < 4.78 is 27.2. The quantitative estimate of drug-likeness (QED) is 0.341. The molecule has 0 spiro atoms. The number of carbonyl (C=O) groups excluding carboxylic acids is 2. The zero-order chi connectivity index (χ0) is 22.2. The van der Waals surface area contributed by atoms with E-state index in [9.17, 15) is 9.59 Å².